The molecule has 0 spiro atoms. The lowest BCUT2D eigenvalue weighted by molar-refractivity contribution is 0.140. The number of benzene rings is 3. The summed E-state index contributed by atoms with van der Waals surface area (Å²) >= 11 is 6.70. The third-order valence-corrected chi connectivity index (χ3v) is 7.67. The van der Waals surface area contributed by atoms with Gasteiger partial charge in [0.15, 0.2) is 11.6 Å². The van der Waals surface area contributed by atoms with Crippen molar-refractivity contribution in [3.8, 4) is 22.6 Å². The first-order valence-electron chi connectivity index (χ1n) is 12.2. The van der Waals surface area contributed by atoms with E-state index in [1.807, 2.05) is 18.2 Å². The molecule has 1 N–H and O–H groups in total. The number of anilines is 1. The molecule has 2 aliphatic rings. The van der Waals surface area contributed by atoms with Gasteiger partial charge in [-0.1, -0.05) is 48.0 Å². The molecule has 1 saturated heterocycles. The van der Waals surface area contributed by atoms with Gasteiger partial charge >= 0.3 is 0 Å². The smallest absolute Gasteiger partial charge is 0.159 e. The predicted molar refractivity (Wildman–Crippen MR) is 139 cm³/mol. The quantitative estimate of drug-likeness (QED) is 0.367. The summed E-state index contributed by atoms with van der Waals surface area (Å²) in [5.41, 5.74) is 0.622. The minimum absolute atomic E-state index is 0.0259. The van der Waals surface area contributed by atoms with Crippen molar-refractivity contribution in [2.24, 2.45) is 0 Å². The normalized spacial score (nSPS) is 19.7. The molecule has 0 radical (unpaired) electrons. The van der Waals surface area contributed by atoms with Crippen molar-refractivity contribution in [1.29, 1.82) is 0 Å². The predicted octanol–water partition coefficient (Wildman–Crippen LogP) is 5.80. The fourth-order valence-corrected chi connectivity index (χ4v) is 5.79. The summed E-state index contributed by atoms with van der Waals surface area (Å²) in [5, 5.41) is 10.6. The van der Waals surface area contributed by atoms with Crippen molar-refractivity contribution >= 4 is 28.3 Å². The van der Waals surface area contributed by atoms with Gasteiger partial charge in [0.25, 0.3) is 0 Å². The second kappa shape index (κ2) is 9.43. The number of nitrogens with zero attached hydrogens (tertiary/aromatic N) is 4. The summed E-state index contributed by atoms with van der Waals surface area (Å²) in [6, 6.07) is 14.4. The highest BCUT2D eigenvalue weighted by atomic mass is 35.5. The number of ether oxygens (including phenoxy) is 1. The summed E-state index contributed by atoms with van der Waals surface area (Å²) in [5.74, 6) is -1.30. The molecule has 6 rings (SSSR count). The monoisotopic (exact) mass is 522 g/mol. The van der Waals surface area contributed by atoms with Gasteiger partial charge in [0.2, 0.25) is 0 Å². The van der Waals surface area contributed by atoms with Crippen molar-refractivity contribution in [2.75, 3.05) is 24.6 Å². The van der Waals surface area contributed by atoms with Gasteiger partial charge in [0.1, 0.15) is 29.2 Å². The van der Waals surface area contributed by atoms with E-state index >= 15 is 4.39 Å². The average Bonchev–Trinajstić information content (AvgIpc) is 2.88. The third-order valence-electron chi connectivity index (χ3n) is 7.31. The summed E-state index contributed by atoms with van der Waals surface area (Å²) in [6.45, 7) is 4.80. The van der Waals surface area contributed by atoms with Gasteiger partial charge in [-0.15, -0.1) is 0 Å². The molecule has 6 nitrogen and oxygen atoms in total. The second-order valence-electron chi connectivity index (χ2n) is 9.59. The van der Waals surface area contributed by atoms with Crippen LogP contribution in [0.25, 0.3) is 22.0 Å². The van der Waals surface area contributed by atoms with E-state index in [2.05, 4.69) is 38.8 Å². The zero-order valence-electron chi connectivity index (χ0n) is 20.2. The fourth-order valence-electron chi connectivity index (χ4n) is 5.46. The number of halogens is 3. The van der Waals surface area contributed by atoms with Gasteiger partial charge < -0.3 is 14.7 Å². The molecule has 4 aromatic rings. The Hall–Kier alpha value is -3.49. The molecule has 3 aromatic carbocycles. The first kappa shape index (κ1) is 23.9. The first-order chi connectivity index (χ1) is 17.9. The molecule has 2 atom stereocenters. The number of phenolic OH excluding ortho intramolecular Hbond substituents is 1. The Balaban J connectivity index is 1.46. The van der Waals surface area contributed by atoms with Gasteiger partial charge in [-0.2, -0.15) is 0 Å². The van der Waals surface area contributed by atoms with E-state index < -0.39 is 17.4 Å². The van der Waals surface area contributed by atoms with Crippen LogP contribution in [-0.4, -0.2) is 51.8 Å². The molecule has 3 heterocycles. The molecule has 0 unspecified atom stereocenters. The average molecular weight is 523 g/mol. The van der Waals surface area contributed by atoms with Gasteiger partial charge in [-0.3, -0.25) is 4.90 Å². The molecule has 0 amide bonds. The van der Waals surface area contributed by atoms with E-state index in [-0.39, 0.29) is 39.5 Å². The highest BCUT2D eigenvalue weighted by Gasteiger charge is 2.37. The van der Waals surface area contributed by atoms with Crippen LogP contribution in [0.1, 0.15) is 18.9 Å². The van der Waals surface area contributed by atoms with Gasteiger partial charge in [-0.25, -0.2) is 18.7 Å². The summed E-state index contributed by atoms with van der Waals surface area (Å²) in [6.07, 6.45) is 2.00. The number of hydrogen-bond acceptors (Lipinski definition) is 6. The highest BCUT2D eigenvalue weighted by molar-refractivity contribution is 6.36. The van der Waals surface area contributed by atoms with Crippen LogP contribution in [0.5, 0.6) is 11.5 Å². The zero-order valence-corrected chi connectivity index (χ0v) is 20.9. The van der Waals surface area contributed by atoms with E-state index in [0.29, 0.717) is 30.8 Å². The van der Waals surface area contributed by atoms with Crippen LogP contribution in [-0.2, 0) is 6.54 Å². The maximum atomic E-state index is 16.0. The number of piperazine rings is 1. The summed E-state index contributed by atoms with van der Waals surface area (Å²) < 4.78 is 36.9. The Morgan fingerprint density at radius 1 is 1.05 bits per heavy atom. The van der Waals surface area contributed by atoms with Crippen LogP contribution in [0.2, 0.25) is 5.02 Å². The number of phenols is 1. The van der Waals surface area contributed by atoms with Crippen molar-refractivity contribution in [2.45, 2.75) is 32.0 Å². The van der Waals surface area contributed by atoms with Gasteiger partial charge in [0, 0.05) is 43.7 Å². The number of aromatic nitrogens is 2. The molecule has 1 fully saturated rings. The Morgan fingerprint density at radius 2 is 1.86 bits per heavy atom. The van der Waals surface area contributed by atoms with Crippen LogP contribution in [0.15, 0.2) is 54.9 Å². The molecule has 0 saturated carbocycles. The standard InChI is InChI=1S/C28H25ClF2N4O2/c1-16-12-35-18(14-34(16)13-17-6-3-2-4-7-17)10-11-37-27-23-26(32-15-33-28(23)35)25(31)22(24(27)29)21-19(30)8-5-9-20(21)36/h2-9,15-16,18,36H,10-14H2,1H3/t16-,18-/m0/s1. The molecule has 0 aliphatic carbocycles. The third kappa shape index (κ3) is 4.04. The zero-order chi connectivity index (χ0) is 25.7. The minimum Gasteiger partial charge on any atom is -0.507 e. The largest absolute Gasteiger partial charge is 0.507 e. The Morgan fingerprint density at radius 3 is 2.65 bits per heavy atom. The van der Waals surface area contributed by atoms with Crippen LogP contribution in [0, 0.1) is 11.6 Å². The SMILES string of the molecule is C[C@H]1CN2c3ncnc4c(F)c(-c5c(O)cccc5F)c(Cl)c(c34)OCC[C@H]2CN1Cc1ccccc1. The summed E-state index contributed by atoms with van der Waals surface area (Å²) in [4.78, 5) is 13.4. The molecule has 1 aromatic heterocycles. The van der Waals surface area contributed by atoms with Crippen LogP contribution in [0.4, 0.5) is 14.6 Å². The molecule has 2 aliphatic heterocycles. The molecular weight excluding hydrogens is 498 g/mol. The lowest BCUT2D eigenvalue weighted by atomic mass is 9.98. The van der Waals surface area contributed by atoms with Crippen LogP contribution >= 0.6 is 11.6 Å². The number of aromatic hydroxyl groups is 1. The Bertz CT molecular complexity index is 1470. The molecule has 9 heteroatoms. The second-order valence-corrected chi connectivity index (χ2v) is 9.97. The Labute approximate surface area is 218 Å². The maximum Gasteiger partial charge on any atom is 0.159 e. The van der Waals surface area contributed by atoms with Crippen LogP contribution < -0.4 is 9.64 Å². The van der Waals surface area contributed by atoms with Gasteiger partial charge in [0.05, 0.1) is 22.6 Å². The fraction of sp³-hybridized carbons (Fsp3) is 0.286. The van der Waals surface area contributed by atoms with E-state index in [1.54, 1.807) is 0 Å². The molecule has 0 bridgehead atoms. The Kier molecular flexibility index (Phi) is 6.09. The van der Waals surface area contributed by atoms with E-state index in [0.717, 1.165) is 19.2 Å². The summed E-state index contributed by atoms with van der Waals surface area (Å²) in [7, 11) is 0. The molecular formula is C28H25ClF2N4O2. The number of fused-ring (bicyclic) bond motifs is 2. The number of hydrogen-bond donors (Lipinski definition) is 1. The van der Waals surface area contributed by atoms with Crippen LogP contribution in [0.3, 0.4) is 0 Å². The highest BCUT2D eigenvalue weighted by Crippen LogP contribution is 2.49. The van der Waals surface area contributed by atoms with E-state index in [4.69, 9.17) is 16.3 Å². The van der Waals surface area contributed by atoms with E-state index in [9.17, 15) is 9.50 Å². The van der Waals surface area contributed by atoms with Crippen molar-refractivity contribution < 1.29 is 18.6 Å². The topological polar surface area (TPSA) is 61.7 Å². The molecule has 190 valence electrons. The maximum absolute atomic E-state index is 16.0. The number of rotatable bonds is 3. The van der Waals surface area contributed by atoms with Crippen molar-refractivity contribution in [3.63, 3.8) is 0 Å². The van der Waals surface area contributed by atoms with Gasteiger partial charge in [-0.05, 0) is 24.6 Å². The van der Waals surface area contributed by atoms with E-state index in [1.165, 1.54) is 24.0 Å². The van der Waals surface area contributed by atoms with Crippen molar-refractivity contribution in [3.05, 3.63) is 77.1 Å². The lowest BCUT2D eigenvalue weighted by Gasteiger charge is -2.47. The molecule has 37 heavy (non-hydrogen) atoms. The van der Waals surface area contributed by atoms with Crippen molar-refractivity contribution in [1.82, 2.24) is 14.9 Å². The lowest BCUT2D eigenvalue weighted by Crippen LogP contribution is -2.58. The first-order valence-corrected chi connectivity index (χ1v) is 12.6. The minimum atomic E-state index is -0.829.